The third-order valence-corrected chi connectivity index (χ3v) is 5.90. The topological polar surface area (TPSA) is 76.4 Å². The number of nitrogens with zero attached hydrogens (tertiary/aromatic N) is 6. The number of anilines is 1. The molecule has 1 fully saturated rings. The van der Waals surface area contributed by atoms with Gasteiger partial charge in [-0.3, -0.25) is 9.48 Å². The first-order chi connectivity index (χ1) is 17.0. The van der Waals surface area contributed by atoms with Gasteiger partial charge in [0.15, 0.2) is 0 Å². The van der Waals surface area contributed by atoms with Gasteiger partial charge in [0, 0.05) is 44.9 Å². The second-order valence-corrected chi connectivity index (χ2v) is 8.35. The summed E-state index contributed by atoms with van der Waals surface area (Å²) in [6, 6.07) is 19.2. The van der Waals surface area contributed by atoms with E-state index in [0.717, 1.165) is 11.4 Å². The van der Waals surface area contributed by atoms with E-state index in [4.69, 9.17) is 4.74 Å². The van der Waals surface area contributed by atoms with E-state index in [9.17, 15) is 9.18 Å². The smallest absolute Gasteiger partial charge is 0.272 e. The van der Waals surface area contributed by atoms with Crippen molar-refractivity contribution in [1.82, 2.24) is 24.6 Å². The first-order valence-corrected chi connectivity index (χ1v) is 11.4. The maximum Gasteiger partial charge on any atom is 0.272 e. The summed E-state index contributed by atoms with van der Waals surface area (Å²) in [6.45, 7) is 4.20. The number of aromatic nitrogens is 4. The molecule has 4 aromatic rings. The van der Waals surface area contributed by atoms with E-state index in [-0.39, 0.29) is 11.7 Å². The van der Waals surface area contributed by atoms with Gasteiger partial charge >= 0.3 is 0 Å². The summed E-state index contributed by atoms with van der Waals surface area (Å²) >= 11 is 0. The fourth-order valence-electron chi connectivity index (χ4n) is 4.08. The van der Waals surface area contributed by atoms with Crippen molar-refractivity contribution in [2.45, 2.75) is 6.92 Å². The van der Waals surface area contributed by atoms with Crippen LogP contribution in [0, 0.1) is 12.7 Å². The van der Waals surface area contributed by atoms with Crippen molar-refractivity contribution in [3.05, 3.63) is 84.1 Å². The third kappa shape index (κ3) is 4.98. The van der Waals surface area contributed by atoms with Crippen LogP contribution in [0.15, 0.2) is 66.7 Å². The number of amides is 1. The molecule has 9 heteroatoms. The van der Waals surface area contributed by atoms with Crippen LogP contribution in [0.2, 0.25) is 0 Å². The second kappa shape index (κ2) is 9.54. The average Bonchev–Trinajstić information content (AvgIpc) is 3.26. The highest BCUT2D eigenvalue weighted by molar-refractivity contribution is 5.94. The van der Waals surface area contributed by atoms with Crippen molar-refractivity contribution in [2.75, 3.05) is 31.1 Å². The summed E-state index contributed by atoms with van der Waals surface area (Å²) in [5, 5.41) is 4.45. The molecular weight excluding hydrogens is 447 g/mol. The number of carbonyl (C=O) groups excluding carboxylic acids is 1. The molecule has 0 bridgehead atoms. The maximum absolute atomic E-state index is 13.2. The summed E-state index contributed by atoms with van der Waals surface area (Å²) in [4.78, 5) is 26.1. The average molecular weight is 473 g/mol. The molecule has 0 spiro atoms. The van der Waals surface area contributed by atoms with Gasteiger partial charge in [0.05, 0.1) is 5.69 Å². The Morgan fingerprint density at radius 3 is 2.37 bits per heavy atom. The van der Waals surface area contributed by atoms with Gasteiger partial charge in [-0.05, 0) is 49.4 Å². The number of hydrogen-bond donors (Lipinski definition) is 0. The lowest BCUT2D eigenvalue weighted by Gasteiger charge is -2.35. The Labute approximate surface area is 202 Å². The lowest BCUT2D eigenvalue weighted by molar-refractivity contribution is 0.0735. The van der Waals surface area contributed by atoms with Crippen LogP contribution in [-0.4, -0.2) is 56.7 Å². The standard InChI is InChI=1S/C26H25FN6O2/c1-18-28-24(17-25(29-18)35-21-6-4-3-5-7-21)32-12-14-33(15-13-32)26(34)23-16-22(30-31(23)2)19-8-10-20(27)11-9-19/h3-11,16-17H,12-15H2,1-2H3. The Kier molecular flexibility index (Phi) is 6.13. The van der Waals surface area contributed by atoms with Crippen LogP contribution in [0.25, 0.3) is 11.3 Å². The first kappa shape index (κ1) is 22.5. The SMILES string of the molecule is Cc1nc(Oc2ccccc2)cc(N2CCN(C(=O)c3cc(-c4ccc(F)cc4)nn3C)CC2)n1. The lowest BCUT2D eigenvalue weighted by atomic mass is 10.1. The molecule has 0 radical (unpaired) electrons. The van der Waals surface area contributed by atoms with E-state index in [1.54, 1.807) is 29.9 Å². The number of rotatable bonds is 5. The van der Waals surface area contributed by atoms with Crippen molar-refractivity contribution in [1.29, 1.82) is 0 Å². The molecule has 178 valence electrons. The molecule has 8 nitrogen and oxygen atoms in total. The Hall–Kier alpha value is -4.27. The summed E-state index contributed by atoms with van der Waals surface area (Å²) < 4.78 is 20.7. The highest BCUT2D eigenvalue weighted by Gasteiger charge is 2.26. The zero-order valence-electron chi connectivity index (χ0n) is 19.6. The molecule has 3 heterocycles. The van der Waals surface area contributed by atoms with Crippen molar-refractivity contribution >= 4 is 11.7 Å². The van der Waals surface area contributed by atoms with E-state index in [2.05, 4.69) is 20.0 Å². The second-order valence-electron chi connectivity index (χ2n) is 8.35. The van der Waals surface area contributed by atoms with E-state index in [1.165, 1.54) is 12.1 Å². The van der Waals surface area contributed by atoms with Gasteiger partial charge in [0.1, 0.15) is 28.9 Å². The fraction of sp³-hybridized carbons (Fsp3) is 0.231. The van der Waals surface area contributed by atoms with Crippen LogP contribution in [0.3, 0.4) is 0 Å². The molecular formula is C26H25FN6O2. The fourth-order valence-corrected chi connectivity index (χ4v) is 4.08. The molecule has 1 aliphatic heterocycles. The van der Waals surface area contributed by atoms with Gasteiger partial charge in [0.2, 0.25) is 5.88 Å². The molecule has 1 aliphatic rings. The zero-order chi connectivity index (χ0) is 24.4. The van der Waals surface area contributed by atoms with Crippen LogP contribution in [0.1, 0.15) is 16.3 Å². The molecule has 35 heavy (non-hydrogen) atoms. The largest absolute Gasteiger partial charge is 0.439 e. The molecule has 1 amide bonds. The Balaban J connectivity index is 1.26. The minimum absolute atomic E-state index is 0.0834. The zero-order valence-corrected chi connectivity index (χ0v) is 19.6. The molecule has 2 aromatic heterocycles. The van der Waals surface area contributed by atoms with Gasteiger partial charge < -0.3 is 14.5 Å². The number of para-hydroxylation sites is 1. The van der Waals surface area contributed by atoms with Crippen molar-refractivity contribution < 1.29 is 13.9 Å². The summed E-state index contributed by atoms with van der Waals surface area (Å²) in [6.07, 6.45) is 0. The first-order valence-electron chi connectivity index (χ1n) is 11.4. The Morgan fingerprint density at radius 2 is 1.66 bits per heavy atom. The van der Waals surface area contributed by atoms with Gasteiger partial charge in [-0.2, -0.15) is 10.1 Å². The number of ether oxygens (including phenoxy) is 1. The maximum atomic E-state index is 13.2. The molecule has 0 saturated carbocycles. The summed E-state index contributed by atoms with van der Waals surface area (Å²) in [5.74, 6) is 2.20. The molecule has 1 saturated heterocycles. The van der Waals surface area contributed by atoms with Crippen LogP contribution >= 0.6 is 0 Å². The van der Waals surface area contributed by atoms with Gasteiger partial charge in [-0.1, -0.05) is 18.2 Å². The van der Waals surface area contributed by atoms with Gasteiger partial charge in [-0.25, -0.2) is 9.37 Å². The Morgan fingerprint density at radius 1 is 0.943 bits per heavy atom. The minimum atomic E-state index is -0.309. The van der Waals surface area contributed by atoms with Crippen molar-refractivity contribution in [3.8, 4) is 22.9 Å². The molecule has 5 rings (SSSR count). The van der Waals surface area contributed by atoms with Crippen LogP contribution < -0.4 is 9.64 Å². The Bertz CT molecular complexity index is 1330. The number of aryl methyl sites for hydroxylation is 2. The lowest BCUT2D eigenvalue weighted by Crippen LogP contribution is -2.49. The predicted octanol–water partition coefficient (Wildman–Crippen LogP) is 4.08. The monoisotopic (exact) mass is 472 g/mol. The number of halogens is 1. The molecule has 2 aromatic carbocycles. The molecule has 0 N–H and O–H groups in total. The summed E-state index contributed by atoms with van der Waals surface area (Å²) in [5.41, 5.74) is 1.89. The summed E-state index contributed by atoms with van der Waals surface area (Å²) in [7, 11) is 1.74. The normalized spacial score (nSPS) is 13.7. The number of benzene rings is 2. The highest BCUT2D eigenvalue weighted by atomic mass is 19.1. The number of carbonyl (C=O) groups is 1. The van der Waals surface area contributed by atoms with Crippen LogP contribution in [0.4, 0.5) is 10.2 Å². The van der Waals surface area contributed by atoms with Crippen LogP contribution in [0.5, 0.6) is 11.6 Å². The van der Waals surface area contributed by atoms with Gasteiger partial charge in [-0.15, -0.1) is 0 Å². The highest BCUT2D eigenvalue weighted by Crippen LogP contribution is 2.25. The predicted molar refractivity (Wildman–Crippen MR) is 130 cm³/mol. The van der Waals surface area contributed by atoms with Crippen molar-refractivity contribution in [3.63, 3.8) is 0 Å². The molecule has 0 atom stereocenters. The van der Waals surface area contributed by atoms with E-state index < -0.39 is 0 Å². The number of hydrogen-bond acceptors (Lipinski definition) is 6. The van der Waals surface area contributed by atoms with E-state index >= 15 is 0 Å². The molecule has 0 unspecified atom stereocenters. The van der Waals surface area contributed by atoms with Crippen molar-refractivity contribution in [2.24, 2.45) is 7.05 Å². The van der Waals surface area contributed by atoms with E-state index in [0.29, 0.717) is 55.0 Å². The third-order valence-electron chi connectivity index (χ3n) is 5.90. The van der Waals surface area contributed by atoms with Gasteiger partial charge in [0.25, 0.3) is 5.91 Å². The number of piperazine rings is 1. The van der Waals surface area contributed by atoms with Crippen LogP contribution in [-0.2, 0) is 7.05 Å². The molecule has 0 aliphatic carbocycles. The quantitative estimate of drug-likeness (QED) is 0.436. The van der Waals surface area contributed by atoms with E-state index in [1.807, 2.05) is 48.2 Å². The minimum Gasteiger partial charge on any atom is -0.439 e.